The van der Waals surface area contributed by atoms with E-state index in [1.165, 1.54) is 18.6 Å². The zero-order valence-corrected chi connectivity index (χ0v) is 12.6. The van der Waals surface area contributed by atoms with Crippen molar-refractivity contribution < 1.29 is 37.4 Å². The molecule has 0 aromatic rings. The third kappa shape index (κ3) is 8.81. The van der Waals surface area contributed by atoms with Gasteiger partial charge in [0.15, 0.2) is 0 Å². The second kappa shape index (κ2) is 8.42. The van der Waals surface area contributed by atoms with Crippen LogP contribution >= 0.6 is 0 Å². The van der Waals surface area contributed by atoms with E-state index in [0.717, 1.165) is 7.11 Å². The highest BCUT2D eigenvalue weighted by Crippen LogP contribution is 2.01. The average Bonchev–Trinajstić information content (AvgIpc) is 2.31. The fraction of sp³-hybridized carbons (Fsp3) is 0.700. The Morgan fingerprint density at radius 2 is 1.81 bits per heavy atom. The second-order valence-electron chi connectivity index (χ2n) is 4.18. The summed E-state index contributed by atoms with van der Waals surface area (Å²) in [5, 5.41) is 8.88. The number of esters is 1. The summed E-state index contributed by atoms with van der Waals surface area (Å²) in [6.45, 7) is 3.02. The van der Waals surface area contributed by atoms with Gasteiger partial charge in [0.1, 0.15) is 6.04 Å². The maximum absolute atomic E-state index is 11.5. The van der Waals surface area contributed by atoms with Crippen LogP contribution in [0.1, 0.15) is 26.7 Å². The number of rotatable bonds is 8. The van der Waals surface area contributed by atoms with Crippen molar-refractivity contribution in [2.75, 3.05) is 7.11 Å². The van der Waals surface area contributed by atoms with Crippen molar-refractivity contribution >= 4 is 28.2 Å². The fourth-order valence-electron chi connectivity index (χ4n) is 1.16. The van der Waals surface area contributed by atoms with Crippen molar-refractivity contribution in [3.8, 4) is 0 Å². The molecule has 0 aromatic heterocycles. The Kier molecular flexibility index (Phi) is 7.66. The SMILES string of the molecule is COC(=O)CC[C@H](NS(=O)(=O)NC(=O)OC(C)C)C(=O)O. The fourth-order valence-corrected chi connectivity index (χ4v) is 2.08. The second-order valence-corrected chi connectivity index (χ2v) is 5.63. The molecule has 0 heterocycles. The highest BCUT2D eigenvalue weighted by atomic mass is 32.2. The number of nitrogens with one attached hydrogen (secondary N) is 2. The maximum Gasteiger partial charge on any atom is 0.422 e. The van der Waals surface area contributed by atoms with E-state index in [1.807, 2.05) is 0 Å². The van der Waals surface area contributed by atoms with E-state index < -0.39 is 40.4 Å². The zero-order chi connectivity index (χ0) is 16.6. The molecule has 11 heteroatoms. The molecule has 1 atom stereocenters. The van der Waals surface area contributed by atoms with Crippen LogP contribution in [-0.4, -0.2) is 50.8 Å². The molecule has 1 amide bonds. The minimum absolute atomic E-state index is 0.299. The number of hydrogen-bond donors (Lipinski definition) is 3. The zero-order valence-electron chi connectivity index (χ0n) is 11.8. The number of carboxylic acid groups (broad SMARTS) is 1. The van der Waals surface area contributed by atoms with Crippen LogP contribution in [0.3, 0.4) is 0 Å². The number of methoxy groups -OCH3 is 1. The lowest BCUT2D eigenvalue weighted by atomic mass is 10.2. The summed E-state index contributed by atoms with van der Waals surface area (Å²) in [6, 6.07) is -1.59. The van der Waals surface area contributed by atoms with E-state index >= 15 is 0 Å². The lowest BCUT2D eigenvalue weighted by molar-refractivity contribution is -0.142. The summed E-state index contributed by atoms with van der Waals surface area (Å²) in [7, 11) is -3.32. The number of carbonyl (C=O) groups excluding carboxylic acids is 2. The molecule has 0 spiro atoms. The topological polar surface area (TPSA) is 148 Å². The largest absolute Gasteiger partial charge is 0.480 e. The monoisotopic (exact) mass is 326 g/mol. The van der Waals surface area contributed by atoms with Crippen molar-refractivity contribution in [2.24, 2.45) is 0 Å². The Bertz CT molecular complexity index is 487. The average molecular weight is 326 g/mol. The summed E-state index contributed by atoms with van der Waals surface area (Å²) < 4.78 is 35.2. The van der Waals surface area contributed by atoms with E-state index in [9.17, 15) is 22.8 Å². The number of hydrogen-bond acceptors (Lipinski definition) is 7. The van der Waals surface area contributed by atoms with Crippen LogP contribution in [0, 0.1) is 0 Å². The molecule has 0 aromatic carbocycles. The Balaban J connectivity index is 4.65. The number of amides is 1. The molecule has 122 valence electrons. The molecule has 10 nitrogen and oxygen atoms in total. The normalized spacial score (nSPS) is 12.6. The van der Waals surface area contributed by atoms with Gasteiger partial charge in [-0.3, -0.25) is 9.59 Å². The van der Waals surface area contributed by atoms with E-state index in [4.69, 9.17) is 5.11 Å². The lowest BCUT2D eigenvalue weighted by Crippen LogP contribution is -2.48. The van der Waals surface area contributed by atoms with Gasteiger partial charge >= 0.3 is 28.2 Å². The van der Waals surface area contributed by atoms with Crippen LogP contribution in [0.15, 0.2) is 0 Å². The number of aliphatic carboxylic acids is 1. The highest BCUT2D eigenvalue weighted by molar-refractivity contribution is 7.88. The predicted molar refractivity (Wildman–Crippen MR) is 69.5 cm³/mol. The van der Waals surface area contributed by atoms with Gasteiger partial charge in [-0.15, -0.1) is 0 Å². The van der Waals surface area contributed by atoms with Crippen molar-refractivity contribution in [3.05, 3.63) is 0 Å². The molecule has 21 heavy (non-hydrogen) atoms. The first-order valence-corrected chi connectivity index (χ1v) is 7.36. The van der Waals surface area contributed by atoms with E-state index in [1.54, 1.807) is 4.72 Å². The summed E-state index contributed by atoms with van der Waals surface area (Å²) in [6.07, 6.45) is -2.42. The van der Waals surface area contributed by atoms with Gasteiger partial charge in [-0.2, -0.15) is 13.1 Å². The Labute approximate surface area is 122 Å². The molecule has 0 radical (unpaired) electrons. The quantitative estimate of drug-likeness (QED) is 0.499. The number of carboxylic acids is 1. The summed E-state index contributed by atoms with van der Waals surface area (Å²) >= 11 is 0. The van der Waals surface area contributed by atoms with E-state index in [0.29, 0.717) is 0 Å². The van der Waals surface area contributed by atoms with Crippen LogP contribution in [-0.2, 0) is 29.3 Å². The van der Waals surface area contributed by atoms with Crippen molar-refractivity contribution in [1.82, 2.24) is 9.44 Å². The lowest BCUT2D eigenvalue weighted by Gasteiger charge is -2.15. The Morgan fingerprint density at radius 3 is 2.24 bits per heavy atom. The third-order valence-electron chi connectivity index (χ3n) is 2.02. The molecule has 0 bridgehead atoms. The third-order valence-corrected chi connectivity index (χ3v) is 3.05. The maximum atomic E-state index is 11.5. The number of ether oxygens (including phenoxy) is 2. The van der Waals surface area contributed by atoms with Crippen LogP contribution < -0.4 is 9.44 Å². The van der Waals surface area contributed by atoms with E-state index in [2.05, 4.69) is 9.47 Å². The molecule has 0 aliphatic heterocycles. The van der Waals surface area contributed by atoms with Crippen molar-refractivity contribution in [3.63, 3.8) is 0 Å². The van der Waals surface area contributed by atoms with Gasteiger partial charge in [0.05, 0.1) is 13.2 Å². The molecule has 0 fully saturated rings. The standard InChI is InChI=1S/C10H18N2O8S/c1-6(2)20-10(16)12-21(17,18)11-7(9(14)15)4-5-8(13)19-3/h6-7,11H,4-5H2,1-3H3,(H,12,16)(H,14,15)/t7-/m0/s1. The van der Waals surface area contributed by atoms with Gasteiger partial charge < -0.3 is 14.6 Å². The van der Waals surface area contributed by atoms with Crippen LogP contribution in [0.2, 0.25) is 0 Å². The Morgan fingerprint density at radius 1 is 1.24 bits per heavy atom. The summed E-state index contributed by atoms with van der Waals surface area (Å²) in [5.74, 6) is -2.19. The molecule has 3 N–H and O–H groups in total. The molecule has 0 aliphatic rings. The van der Waals surface area contributed by atoms with Crippen molar-refractivity contribution in [2.45, 2.75) is 38.8 Å². The summed E-state index contributed by atoms with van der Waals surface area (Å²) in [4.78, 5) is 33.0. The smallest absolute Gasteiger partial charge is 0.422 e. The number of carbonyl (C=O) groups is 3. The van der Waals surface area contributed by atoms with Crippen LogP contribution in [0.4, 0.5) is 4.79 Å². The molecule has 0 rings (SSSR count). The van der Waals surface area contributed by atoms with E-state index in [-0.39, 0.29) is 12.8 Å². The van der Waals surface area contributed by atoms with Crippen molar-refractivity contribution in [1.29, 1.82) is 0 Å². The van der Waals surface area contributed by atoms with Gasteiger partial charge in [-0.1, -0.05) is 0 Å². The van der Waals surface area contributed by atoms with Gasteiger partial charge in [0.2, 0.25) is 0 Å². The summed E-state index contributed by atoms with van der Waals surface area (Å²) in [5.41, 5.74) is 0. The van der Waals surface area contributed by atoms with Gasteiger partial charge in [0.25, 0.3) is 0 Å². The first-order valence-electron chi connectivity index (χ1n) is 5.87. The van der Waals surface area contributed by atoms with Gasteiger partial charge in [-0.05, 0) is 20.3 Å². The van der Waals surface area contributed by atoms with Gasteiger partial charge in [-0.25, -0.2) is 9.52 Å². The predicted octanol–water partition coefficient (Wildman–Crippen LogP) is -0.638. The molecular weight excluding hydrogens is 308 g/mol. The minimum Gasteiger partial charge on any atom is -0.480 e. The first-order chi connectivity index (χ1) is 9.57. The van der Waals surface area contributed by atoms with Crippen LogP contribution in [0.5, 0.6) is 0 Å². The highest BCUT2D eigenvalue weighted by Gasteiger charge is 2.26. The first kappa shape index (κ1) is 19.1. The molecule has 0 saturated carbocycles. The van der Waals surface area contributed by atoms with Crippen LogP contribution in [0.25, 0.3) is 0 Å². The molecule has 0 aliphatic carbocycles. The molecule has 0 saturated heterocycles. The Hall–Kier alpha value is -1.88. The molecule has 0 unspecified atom stereocenters. The van der Waals surface area contributed by atoms with Gasteiger partial charge in [0, 0.05) is 6.42 Å². The minimum atomic E-state index is -4.43. The molecular formula is C10H18N2O8S.